The van der Waals surface area contributed by atoms with E-state index in [2.05, 4.69) is 12.2 Å². The number of hydrogen-bond acceptors (Lipinski definition) is 1. The van der Waals surface area contributed by atoms with Crippen molar-refractivity contribution in [2.75, 3.05) is 7.05 Å². The van der Waals surface area contributed by atoms with Crippen LogP contribution >= 0.6 is 11.6 Å². The molecule has 1 aliphatic carbocycles. The highest BCUT2D eigenvalue weighted by molar-refractivity contribution is 6.30. The summed E-state index contributed by atoms with van der Waals surface area (Å²) >= 11 is 5.77. The van der Waals surface area contributed by atoms with E-state index in [9.17, 15) is 4.39 Å². The van der Waals surface area contributed by atoms with Gasteiger partial charge >= 0.3 is 0 Å². The molecule has 0 aliphatic heterocycles. The van der Waals surface area contributed by atoms with Crippen molar-refractivity contribution in [3.8, 4) is 0 Å². The first-order valence-electron chi connectivity index (χ1n) is 7.29. The molecule has 0 saturated heterocycles. The normalized spacial score (nSPS) is 25.3. The van der Waals surface area contributed by atoms with Gasteiger partial charge in [-0.2, -0.15) is 0 Å². The number of halogens is 2. The Bertz CT molecular complexity index is 421. The average Bonchev–Trinajstić information content (AvgIpc) is 2.44. The quantitative estimate of drug-likeness (QED) is 0.824. The molecule has 2 rings (SSSR count). The van der Waals surface area contributed by atoms with Crippen LogP contribution in [0, 0.1) is 17.7 Å². The SMILES string of the molecule is CCC1CCCCC1C(NC)c1ccc(Cl)c(F)c1. The number of nitrogens with one attached hydrogen (secondary N) is 1. The van der Waals surface area contributed by atoms with Crippen molar-refractivity contribution in [3.05, 3.63) is 34.6 Å². The van der Waals surface area contributed by atoms with Crippen molar-refractivity contribution in [1.82, 2.24) is 5.32 Å². The van der Waals surface area contributed by atoms with Gasteiger partial charge in [-0.3, -0.25) is 0 Å². The van der Waals surface area contributed by atoms with E-state index in [0.717, 1.165) is 11.5 Å². The Labute approximate surface area is 120 Å². The molecular formula is C16H23ClFN. The fourth-order valence-corrected chi connectivity index (χ4v) is 3.63. The van der Waals surface area contributed by atoms with E-state index in [1.807, 2.05) is 13.1 Å². The minimum atomic E-state index is -0.316. The van der Waals surface area contributed by atoms with Crippen LogP contribution in [0.2, 0.25) is 5.02 Å². The summed E-state index contributed by atoms with van der Waals surface area (Å²) in [6.07, 6.45) is 6.36. The maximum absolute atomic E-state index is 13.7. The Morgan fingerprint density at radius 2 is 2.11 bits per heavy atom. The molecule has 0 heterocycles. The highest BCUT2D eigenvalue weighted by Gasteiger charge is 2.31. The Balaban J connectivity index is 2.24. The van der Waals surface area contributed by atoms with Crippen LogP contribution in [0.25, 0.3) is 0 Å². The van der Waals surface area contributed by atoms with Crippen molar-refractivity contribution < 1.29 is 4.39 Å². The highest BCUT2D eigenvalue weighted by Crippen LogP contribution is 2.40. The predicted octanol–water partition coefficient (Wildman–Crippen LogP) is 4.96. The third kappa shape index (κ3) is 3.29. The molecule has 1 fully saturated rings. The van der Waals surface area contributed by atoms with E-state index in [1.54, 1.807) is 12.1 Å². The van der Waals surface area contributed by atoms with Gasteiger partial charge in [0.15, 0.2) is 0 Å². The first-order valence-corrected chi connectivity index (χ1v) is 7.67. The molecule has 3 heteroatoms. The first kappa shape index (κ1) is 14.8. The number of hydrogen-bond donors (Lipinski definition) is 1. The molecule has 1 nitrogen and oxygen atoms in total. The van der Waals surface area contributed by atoms with Crippen LogP contribution in [0.5, 0.6) is 0 Å². The van der Waals surface area contributed by atoms with E-state index in [4.69, 9.17) is 11.6 Å². The van der Waals surface area contributed by atoms with Crippen LogP contribution in [-0.2, 0) is 0 Å². The molecule has 1 aromatic carbocycles. The van der Waals surface area contributed by atoms with E-state index >= 15 is 0 Å². The van der Waals surface area contributed by atoms with Gasteiger partial charge in [-0.05, 0) is 43.0 Å². The summed E-state index contributed by atoms with van der Waals surface area (Å²) in [7, 11) is 1.97. The molecule has 1 saturated carbocycles. The molecule has 0 aromatic heterocycles. The molecule has 0 spiro atoms. The van der Waals surface area contributed by atoms with Gasteiger partial charge in [-0.25, -0.2) is 4.39 Å². The second-order valence-electron chi connectivity index (χ2n) is 5.56. The van der Waals surface area contributed by atoms with Gasteiger partial charge < -0.3 is 5.32 Å². The summed E-state index contributed by atoms with van der Waals surface area (Å²) in [5.41, 5.74) is 1.02. The average molecular weight is 284 g/mol. The molecule has 3 unspecified atom stereocenters. The van der Waals surface area contributed by atoms with Gasteiger partial charge in [0.1, 0.15) is 5.82 Å². The fourth-order valence-electron chi connectivity index (χ4n) is 3.52. The minimum absolute atomic E-state index is 0.203. The lowest BCUT2D eigenvalue weighted by Gasteiger charge is -2.37. The molecule has 0 radical (unpaired) electrons. The number of rotatable bonds is 4. The van der Waals surface area contributed by atoms with Crippen LogP contribution in [0.4, 0.5) is 4.39 Å². The fraction of sp³-hybridized carbons (Fsp3) is 0.625. The topological polar surface area (TPSA) is 12.0 Å². The van der Waals surface area contributed by atoms with Crippen LogP contribution in [-0.4, -0.2) is 7.05 Å². The summed E-state index contributed by atoms with van der Waals surface area (Å²) < 4.78 is 13.7. The summed E-state index contributed by atoms with van der Waals surface area (Å²) in [5, 5.41) is 3.59. The van der Waals surface area contributed by atoms with Crippen LogP contribution in [0.15, 0.2) is 18.2 Å². The third-order valence-electron chi connectivity index (χ3n) is 4.53. The Morgan fingerprint density at radius 1 is 1.37 bits per heavy atom. The molecular weight excluding hydrogens is 261 g/mol. The Morgan fingerprint density at radius 3 is 2.74 bits per heavy atom. The molecule has 1 aromatic rings. The molecule has 1 aliphatic rings. The van der Waals surface area contributed by atoms with Crippen molar-refractivity contribution in [3.63, 3.8) is 0 Å². The predicted molar refractivity (Wildman–Crippen MR) is 78.9 cm³/mol. The summed E-state index contributed by atoms with van der Waals surface area (Å²) in [6.45, 7) is 2.26. The second-order valence-corrected chi connectivity index (χ2v) is 5.96. The lowest BCUT2D eigenvalue weighted by atomic mass is 9.72. The molecule has 0 bridgehead atoms. The standard InChI is InChI=1S/C16H23ClFN/c1-3-11-6-4-5-7-13(11)16(19-2)12-8-9-14(17)15(18)10-12/h8-11,13,16,19H,3-7H2,1-2H3. The third-order valence-corrected chi connectivity index (χ3v) is 4.84. The summed E-state index contributed by atoms with van der Waals surface area (Å²) in [6, 6.07) is 5.44. The van der Waals surface area contributed by atoms with Crippen molar-refractivity contribution in [2.24, 2.45) is 11.8 Å². The maximum atomic E-state index is 13.7. The molecule has 0 amide bonds. The lowest BCUT2D eigenvalue weighted by molar-refractivity contribution is 0.180. The van der Waals surface area contributed by atoms with E-state index < -0.39 is 0 Å². The molecule has 3 atom stereocenters. The maximum Gasteiger partial charge on any atom is 0.142 e. The van der Waals surface area contributed by atoms with Crippen molar-refractivity contribution in [2.45, 2.75) is 45.1 Å². The van der Waals surface area contributed by atoms with Crippen molar-refractivity contribution in [1.29, 1.82) is 0 Å². The van der Waals surface area contributed by atoms with Crippen molar-refractivity contribution >= 4 is 11.6 Å². The van der Waals surface area contributed by atoms with Gasteiger partial charge in [0.25, 0.3) is 0 Å². The number of benzene rings is 1. The molecule has 19 heavy (non-hydrogen) atoms. The first-order chi connectivity index (χ1) is 9.17. The van der Waals surface area contributed by atoms with E-state index in [1.165, 1.54) is 32.1 Å². The zero-order valence-corrected chi connectivity index (χ0v) is 12.5. The zero-order chi connectivity index (χ0) is 13.8. The smallest absolute Gasteiger partial charge is 0.142 e. The summed E-state index contributed by atoms with van der Waals surface area (Å²) in [5.74, 6) is 1.03. The minimum Gasteiger partial charge on any atom is -0.313 e. The zero-order valence-electron chi connectivity index (χ0n) is 11.8. The van der Waals surface area contributed by atoms with Crippen LogP contribution in [0.3, 0.4) is 0 Å². The largest absolute Gasteiger partial charge is 0.313 e. The van der Waals surface area contributed by atoms with Crippen LogP contribution < -0.4 is 5.32 Å². The van der Waals surface area contributed by atoms with Gasteiger partial charge in [-0.1, -0.05) is 50.3 Å². The highest BCUT2D eigenvalue weighted by atomic mass is 35.5. The lowest BCUT2D eigenvalue weighted by Crippen LogP contribution is -2.32. The van der Waals surface area contributed by atoms with Crippen LogP contribution in [0.1, 0.15) is 50.6 Å². The monoisotopic (exact) mass is 283 g/mol. The molecule has 106 valence electrons. The van der Waals surface area contributed by atoms with Gasteiger partial charge in [-0.15, -0.1) is 0 Å². The van der Waals surface area contributed by atoms with Gasteiger partial charge in [0.05, 0.1) is 5.02 Å². The Hall–Kier alpha value is -0.600. The Kier molecular flexibility index (Phi) is 5.23. The van der Waals surface area contributed by atoms with Gasteiger partial charge in [0.2, 0.25) is 0 Å². The van der Waals surface area contributed by atoms with Gasteiger partial charge in [0, 0.05) is 6.04 Å². The summed E-state index contributed by atoms with van der Waals surface area (Å²) in [4.78, 5) is 0. The van der Waals surface area contributed by atoms with E-state index in [-0.39, 0.29) is 16.9 Å². The molecule has 1 N–H and O–H groups in total. The van der Waals surface area contributed by atoms with E-state index in [0.29, 0.717) is 5.92 Å². The second kappa shape index (κ2) is 6.71.